The van der Waals surface area contributed by atoms with Crippen molar-refractivity contribution in [1.82, 2.24) is 4.90 Å². The van der Waals surface area contributed by atoms with Crippen molar-refractivity contribution in [3.05, 3.63) is 60.2 Å². The van der Waals surface area contributed by atoms with Crippen molar-refractivity contribution in [2.24, 2.45) is 4.99 Å². The first-order valence-corrected chi connectivity index (χ1v) is 10.3. The molecule has 5 nitrogen and oxygen atoms in total. The number of anilines is 1. The lowest BCUT2D eigenvalue weighted by Crippen LogP contribution is -2.48. The third-order valence-corrected chi connectivity index (χ3v) is 5.36. The second-order valence-corrected chi connectivity index (χ2v) is 7.17. The van der Waals surface area contributed by atoms with Crippen LogP contribution in [-0.4, -0.2) is 56.7 Å². The number of para-hydroxylation sites is 2. The Hall–Kier alpha value is -2.37. The fourth-order valence-electron chi connectivity index (χ4n) is 4.02. The van der Waals surface area contributed by atoms with E-state index in [0.717, 1.165) is 63.1 Å². The van der Waals surface area contributed by atoms with Crippen molar-refractivity contribution in [2.75, 3.05) is 50.9 Å². The third-order valence-electron chi connectivity index (χ3n) is 5.36. The average molecular weight is 380 g/mol. The van der Waals surface area contributed by atoms with Crippen LogP contribution in [0.5, 0.6) is 5.75 Å². The van der Waals surface area contributed by atoms with Crippen molar-refractivity contribution in [1.29, 1.82) is 0 Å². The van der Waals surface area contributed by atoms with Crippen molar-refractivity contribution in [3.8, 4) is 5.75 Å². The molecule has 0 bridgehead atoms. The predicted molar refractivity (Wildman–Crippen MR) is 113 cm³/mol. The smallest absolute Gasteiger partial charge is 0.142 e. The SMILES string of the molecule is CCOc1ccccc1N1C(CN2CCOCC2)=NCCC1c1ccccc1. The Morgan fingerprint density at radius 3 is 2.57 bits per heavy atom. The number of morpholine rings is 1. The lowest BCUT2D eigenvalue weighted by molar-refractivity contribution is 0.0450. The Morgan fingerprint density at radius 2 is 1.79 bits per heavy atom. The Labute approximate surface area is 167 Å². The van der Waals surface area contributed by atoms with Gasteiger partial charge in [0.1, 0.15) is 11.6 Å². The van der Waals surface area contributed by atoms with Gasteiger partial charge in [0.05, 0.1) is 38.1 Å². The summed E-state index contributed by atoms with van der Waals surface area (Å²) in [4.78, 5) is 9.80. The molecule has 1 atom stereocenters. The van der Waals surface area contributed by atoms with Crippen LogP contribution >= 0.6 is 0 Å². The molecule has 2 aliphatic heterocycles. The molecule has 0 saturated carbocycles. The van der Waals surface area contributed by atoms with Gasteiger partial charge in [-0.15, -0.1) is 0 Å². The maximum atomic E-state index is 5.98. The van der Waals surface area contributed by atoms with Crippen LogP contribution in [-0.2, 0) is 4.74 Å². The number of benzene rings is 2. The number of ether oxygens (including phenoxy) is 2. The van der Waals surface area contributed by atoms with Gasteiger partial charge in [0.25, 0.3) is 0 Å². The maximum absolute atomic E-state index is 5.98. The van der Waals surface area contributed by atoms with Crippen LogP contribution in [0, 0.1) is 0 Å². The topological polar surface area (TPSA) is 37.3 Å². The molecule has 0 radical (unpaired) electrons. The van der Waals surface area contributed by atoms with E-state index in [9.17, 15) is 0 Å². The molecule has 2 aliphatic rings. The van der Waals surface area contributed by atoms with Crippen LogP contribution < -0.4 is 9.64 Å². The zero-order chi connectivity index (χ0) is 19.2. The molecule has 5 heteroatoms. The number of rotatable bonds is 6. The molecule has 28 heavy (non-hydrogen) atoms. The summed E-state index contributed by atoms with van der Waals surface area (Å²) in [7, 11) is 0. The summed E-state index contributed by atoms with van der Waals surface area (Å²) in [6.45, 7) is 7.88. The molecule has 1 unspecified atom stereocenters. The van der Waals surface area contributed by atoms with E-state index in [4.69, 9.17) is 14.5 Å². The van der Waals surface area contributed by atoms with Gasteiger partial charge in [-0.2, -0.15) is 0 Å². The van der Waals surface area contributed by atoms with E-state index >= 15 is 0 Å². The molecule has 0 amide bonds. The van der Waals surface area contributed by atoms with E-state index in [-0.39, 0.29) is 6.04 Å². The highest BCUT2D eigenvalue weighted by atomic mass is 16.5. The Kier molecular flexibility index (Phi) is 6.24. The molecular formula is C23H29N3O2. The second kappa shape index (κ2) is 9.22. The van der Waals surface area contributed by atoms with E-state index in [2.05, 4.69) is 58.3 Å². The lowest BCUT2D eigenvalue weighted by atomic mass is 9.99. The molecule has 2 heterocycles. The molecule has 2 aromatic rings. The fourth-order valence-corrected chi connectivity index (χ4v) is 4.02. The first kappa shape index (κ1) is 19.0. The minimum atomic E-state index is 0.261. The van der Waals surface area contributed by atoms with Gasteiger partial charge in [0.2, 0.25) is 0 Å². The monoisotopic (exact) mass is 379 g/mol. The summed E-state index contributed by atoms with van der Waals surface area (Å²) in [5, 5.41) is 0. The molecule has 0 aliphatic carbocycles. The highest BCUT2D eigenvalue weighted by Gasteiger charge is 2.31. The Balaban J connectivity index is 1.71. The highest BCUT2D eigenvalue weighted by Crippen LogP contribution is 2.38. The van der Waals surface area contributed by atoms with Crippen LogP contribution in [0.15, 0.2) is 59.6 Å². The summed E-state index contributed by atoms with van der Waals surface area (Å²) in [6, 6.07) is 19.4. The van der Waals surface area contributed by atoms with Gasteiger partial charge in [-0.25, -0.2) is 0 Å². The predicted octanol–water partition coefficient (Wildman–Crippen LogP) is 3.77. The Bertz CT molecular complexity index is 787. The highest BCUT2D eigenvalue weighted by molar-refractivity contribution is 6.01. The molecule has 0 spiro atoms. The average Bonchev–Trinajstić information content (AvgIpc) is 2.76. The lowest BCUT2D eigenvalue weighted by Gasteiger charge is -2.40. The molecule has 148 valence electrons. The molecule has 0 N–H and O–H groups in total. The fraction of sp³-hybridized carbons (Fsp3) is 0.435. The largest absolute Gasteiger partial charge is 0.492 e. The summed E-state index contributed by atoms with van der Waals surface area (Å²) in [6.07, 6.45) is 0.997. The summed E-state index contributed by atoms with van der Waals surface area (Å²) >= 11 is 0. The van der Waals surface area contributed by atoms with Crippen molar-refractivity contribution >= 4 is 11.5 Å². The van der Waals surface area contributed by atoms with Gasteiger partial charge in [0, 0.05) is 19.6 Å². The van der Waals surface area contributed by atoms with Crippen molar-refractivity contribution < 1.29 is 9.47 Å². The van der Waals surface area contributed by atoms with Crippen LogP contribution in [0.4, 0.5) is 5.69 Å². The summed E-state index contributed by atoms with van der Waals surface area (Å²) in [5.41, 5.74) is 2.42. The molecule has 1 saturated heterocycles. The molecular weight excluding hydrogens is 350 g/mol. The van der Waals surface area contributed by atoms with Gasteiger partial charge in [-0.1, -0.05) is 42.5 Å². The number of hydrogen-bond donors (Lipinski definition) is 0. The van der Waals surface area contributed by atoms with Gasteiger partial charge < -0.3 is 14.4 Å². The van der Waals surface area contributed by atoms with Gasteiger partial charge >= 0.3 is 0 Å². The molecule has 0 aromatic heterocycles. The first-order valence-electron chi connectivity index (χ1n) is 10.3. The van der Waals surface area contributed by atoms with Crippen LogP contribution in [0.25, 0.3) is 0 Å². The van der Waals surface area contributed by atoms with Crippen molar-refractivity contribution in [3.63, 3.8) is 0 Å². The zero-order valence-electron chi connectivity index (χ0n) is 16.6. The quantitative estimate of drug-likeness (QED) is 0.766. The maximum Gasteiger partial charge on any atom is 0.142 e. The summed E-state index contributed by atoms with van der Waals surface area (Å²) < 4.78 is 11.5. The van der Waals surface area contributed by atoms with Gasteiger partial charge in [0.15, 0.2) is 0 Å². The number of nitrogens with zero attached hydrogens (tertiary/aromatic N) is 3. The number of aliphatic imine (C=N–C) groups is 1. The third kappa shape index (κ3) is 4.21. The van der Waals surface area contributed by atoms with E-state index in [1.54, 1.807) is 0 Å². The van der Waals surface area contributed by atoms with Crippen LogP contribution in [0.1, 0.15) is 24.9 Å². The number of amidine groups is 1. The molecule has 2 aromatic carbocycles. The minimum Gasteiger partial charge on any atom is -0.492 e. The number of hydrogen-bond acceptors (Lipinski definition) is 5. The van der Waals surface area contributed by atoms with Crippen LogP contribution in [0.2, 0.25) is 0 Å². The Morgan fingerprint density at radius 1 is 1.04 bits per heavy atom. The molecule has 1 fully saturated rings. The zero-order valence-corrected chi connectivity index (χ0v) is 16.6. The molecule has 4 rings (SSSR count). The second-order valence-electron chi connectivity index (χ2n) is 7.17. The van der Waals surface area contributed by atoms with Gasteiger partial charge in [-0.05, 0) is 31.0 Å². The van der Waals surface area contributed by atoms with E-state index in [1.807, 2.05) is 13.0 Å². The minimum absolute atomic E-state index is 0.261. The first-order chi connectivity index (χ1) is 13.9. The standard InChI is InChI=1S/C23H29N3O2/c1-2-28-22-11-7-6-10-21(22)26-20(19-8-4-3-5-9-19)12-13-24-23(26)18-25-14-16-27-17-15-25/h3-11,20H,2,12-18H2,1H3. The summed E-state index contributed by atoms with van der Waals surface area (Å²) in [5.74, 6) is 2.04. The normalized spacial score (nSPS) is 20.7. The van der Waals surface area contributed by atoms with Gasteiger partial charge in [-0.3, -0.25) is 9.89 Å². The van der Waals surface area contributed by atoms with Crippen LogP contribution in [0.3, 0.4) is 0 Å². The van der Waals surface area contributed by atoms with E-state index < -0.39 is 0 Å². The van der Waals surface area contributed by atoms with Crippen molar-refractivity contribution in [2.45, 2.75) is 19.4 Å². The van der Waals surface area contributed by atoms with E-state index in [0.29, 0.717) is 6.61 Å². The van der Waals surface area contributed by atoms with E-state index in [1.165, 1.54) is 5.56 Å².